The number of carbonyl (C=O) groups is 1. The number of hydrogen-bond acceptors (Lipinski definition) is 4. The van der Waals surface area contributed by atoms with E-state index < -0.39 is 11.7 Å². The van der Waals surface area contributed by atoms with Gasteiger partial charge < -0.3 is 14.8 Å². The smallest absolute Gasteiger partial charge is 0.295 e. The lowest BCUT2D eigenvalue weighted by Crippen LogP contribution is -2.10. The molecule has 0 aliphatic rings. The topological polar surface area (TPSA) is 87.0 Å². The van der Waals surface area contributed by atoms with E-state index in [1.165, 1.54) is 23.8 Å². The Balaban J connectivity index is 1.40. The minimum Gasteiger partial charge on any atom is -0.493 e. The molecular weight excluding hydrogens is 421 g/mol. The summed E-state index contributed by atoms with van der Waals surface area (Å²) in [4.78, 5) is 15.1. The number of aromatic hydroxyl groups is 1. The van der Waals surface area contributed by atoms with Crippen molar-refractivity contribution in [1.82, 2.24) is 4.98 Å². The summed E-state index contributed by atoms with van der Waals surface area (Å²) in [5.74, 6) is -0.570. The van der Waals surface area contributed by atoms with Crippen LogP contribution in [0.25, 0.3) is 10.9 Å². The van der Waals surface area contributed by atoms with Crippen LogP contribution in [0.2, 0.25) is 0 Å². The van der Waals surface area contributed by atoms with Gasteiger partial charge in [-0.25, -0.2) is 4.39 Å². The molecule has 0 bridgehead atoms. The number of fused-ring (bicyclic) bond motifs is 1. The van der Waals surface area contributed by atoms with Crippen LogP contribution in [0, 0.1) is 5.82 Å². The van der Waals surface area contributed by atoms with Gasteiger partial charge in [0, 0.05) is 10.9 Å². The predicted molar refractivity (Wildman–Crippen MR) is 125 cm³/mol. The van der Waals surface area contributed by atoms with Gasteiger partial charge in [-0.1, -0.05) is 45.0 Å². The number of nitrogens with one attached hydrogen (secondary N) is 1. The Morgan fingerprint density at radius 2 is 1.73 bits per heavy atom. The van der Waals surface area contributed by atoms with Crippen LogP contribution in [0.15, 0.2) is 77.0 Å². The lowest BCUT2D eigenvalue weighted by molar-refractivity contribution is 0.0995. The first-order valence-electron chi connectivity index (χ1n) is 10.5. The van der Waals surface area contributed by atoms with Gasteiger partial charge in [0.05, 0.1) is 5.52 Å². The number of benzene rings is 3. The van der Waals surface area contributed by atoms with Crippen LogP contribution in [0.5, 0.6) is 11.6 Å². The number of rotatable bonds is 5. The average molecular weight is 445 g/mol. The van der Waals surface area contributed by atoms with Crippen molar-refractivity contribution in [2.24, 2.45) is 10.2 Å². The quantitative estimate of drug-likeness (QED) is 0.331. The minimum atomic E-state index is -0.578. The van der Waals surface area contributed by atoms with Crippen LogP contribution in [-0.2, 0) is 12.0 Å². The fraction of sp³-hybridized carbons (Fsp3) is 0.192. The zero-order chi connectivity index (χ0) is 23.6. The molecule has 6 nitrogen and oxygen atoms in total. The van der Waals surface area contributed by atoms with E-state index in [4.69, 9.17) is 4.74 Å². The molecule has 4 aromatic rings. The molecule has 0 saturated carbocycles. The summed E-state index contributed by atoms with van der Waals surface area (Å²) in [5.41, 5.74) is 3.06. The Labute approximate surface area is 190 Å². The standard InChI is InChI=1S/C26H24FN3O3/c1-26(2,3)18-8-11-20(12-9-18)33-15-16-4-6-17(7-5-16)24(31)30-29-23-21-14-19(27)10-13-22(21)28-25(23)32/h4-14,28,32H,15H2,1-3H3. The van der Waals surface area contributed by atoms with E-state index in [1.807, 2.05) is 12.1 Å². The number of ether oxygens (including phenoxy) is 1. The van der Waals surface area contributed by atoms with Gasteiger partial charge in [0.25, 0.3) is 5.91 Å². The molecule has 1 amide bonds. The number of nitrogens with zero attached hydrogens (tertiary/aromatic N) is 2. The molecular formula is C26H24FN3O3. The molecule has 4 rings (SSSR count). The van der Waals surface area contributed by atoms with Gasteiger partial charge in [0.1, 0.15) is 18.2 Å². The summed E-state index contributed by atoms with van der Waals surface area (Å²) in [6, 6.07) is 18.8. The first kappa shape index (κ1) is 22.2. The van der Waals surface area contributed by atoms with Crippen molar-refractivity contribution in [2.45, 2.75) is 32.8 Å². The molecule has 0 aliphatic carbocycles. The molecule has 0 aliphatic heterocycles. The summed E-state index contributed by atoms with van der Waals surface area (Å²) >= 11 is 0. The number of aromatic amines is 1. The minimum absolute atomic E-state index is 0.0142. The highest BCUT2D eigenvalue weighted by Gasteiger charge is 2.14. The second-order valence-corrected chi connectivity index (χ2v) is 8.78. The van der Waals surface area contributed by atoms with Gasteiger partial charge >= 0.3 is 0 Å². The number of H-pyrrole nitrogens is 1. The van der Waals surface area contributed by atoms with Gasteiger partial charge in [0.2, 0.25) is 5.88 Å². The van der Waals surface area contributed by atoms with Crippen LogP contribution in [0.4, 0.5) is 10.1 Å². The van der Waals surface area contributed by atoms with E-state index >= 15 is 0 Å². The highest BCUT2D eigenvalue weighted by Crippen LogP contribution is 2.35. The Bertz CT molecular complexity index is 1320. The summed E-state index contributed by atoms with van der Waals surface area (Å²) in [7, 11) is 0. The van der Waals surface area contributed by atoms with Gasteiger partial charge in [-0.2, -0.15) is 0 Å². The SMILES string of the molecule is CC(C)(C)c1ccc(OCc2ccc(C(=O)N=Nc3c(O)[nH]c4ccc(F)cc34)cc2)cc1. The zero-order valence-electron chi connectivity index (χ0n) is 18.6. The second-order valence-electron chi connectivity index (χ2n) is 8.78. The zero-order valence-corrected chi connectivity index (χ0v) is 18.6. The first-order valence-corrected chi connectivity index (χ1v) is 10.5. The van der Waals surface area contributed by atoms with Crippen molar-refractivity contribution in [2.75, 3.05) is 0 Å². The van der Waals surface area contributed by atoms with Crippen LogP contribution in [-0.4, -0.2) is 16.0 Å². The molecule has 0 atom stereocenters. The third kappa shape index (κ3) is 5.09. The second kappa shape index (κ2) is 8.86. The van der Waals surface area contributed by atoms with Crippen LogP contribution < -0.4 is 4.74 Å². The number of amides is 1. The highest BCUT2D eigenvalue weighted by molar-refractivity contribution is 5.97. The van der Waals surface area contributed by atoms with Crippen molar-refractivity contribution in [3.63, 3.8) is 0 Å². The number of hydrogen-bond donors (Lipinski definition) is 2. The monoisotopic (exact) mass is 445 g/mol. The molecule has 0 radical (unpaired) electrons. The van der Waals surface area contributed by atoms with Crippen molar-refractivity contribution in [1.29, 1.82) is 0 Å². The van der Waals surface area contributed by atoms with Crippen molar-refractivity contribution < 1.29 is 19.0 Å². The number of azo groups is 1. The first-order chi connectivity index (χ1) is 15.7. The van der Waals surface area contributed by atoms with E-state index in [-0.39, 0.29) is 17.0 Å². The van der Waals surface area contributed by atoms with Crippen LogP contribution in [0.3, 0.4) is 0 Å². The predicted octanol–water partition coefficient (Wildman–Crippen LogP) is 6.81. The van der Waals surface area contributed by atoms with E-state index in [0.717, 1.165) is 11.3 Å². The number of aromatic nitrogens is 1. The van der Waals surface area contributed by atoms with Crippen molar-refractivity contribution in [3.8, 4) is 11.6 Å². The summed E-state index contributed by atoms with van der Waals surface area (Å²) in [6.45, 7) is 6.84. The summed E-state index contributed by atoms with van der Waals surface area (Å²) < 4.78 is 19.3. The maximum absolute atomic E-state index is 13.5. The molecule has 3 aromatic carbocycles. The molecule has 33 heavy (non-hydrogen) atoms. The van der Waals surface area contributed by atoms with E-state index in [9.17, 15) is 14.3 Å². The van der Waals surface area contributed by atoms with Crippen molar-refractivity contribution >= 4 is 22.5 Å². The normalized spacial score (nSPS) is 11.9. The Morgan fingerprint density at radius 1 is 1.03 bits per heavy atom. The van der Waals surface area contributed by atoms with E-state index in [2.05, 4.69) is 48.1 Å². The van der Waals surface area contributed by atoms with E-state index in [0.29, 0.717) is 23.1 Å². The Hall–Kier alpha value is -4.00. The molecule has 2 N–H and O–H groups in total. The lowest BCUT2D eigenvalue weighted by Gasteiger charge is -2.19. The average Bonchev–Trinajstić information content (AvgIpc) is 3.10. The fourth-order valence-corrected chi connectivity index (χ4v) is 3.35. The number of halogens is 1. The Morgan fingerprint density at radius 3 is 2.39 bits per heavy atom. The number of carbonyl (C=O) groups excluding carboxylic acids is 1. The van der Waals surface area contributed by atoms with Gasteiger partial charge in [-0.3, -0.25) is 4.79 Å². The maximum Gasteiger partial charge on any atom is 0.295 e. The van der Waals surface area contributed by atoms with Gasteiger partial charge in [0.15, 0.2) is 5.69 Å². The molecule has 0 spiro atoms. The lowest BCUT2D eigenvalue weighted by atomic mass is 9.87. The molecule has 0 fully saturated rings. The summed E-state index contributed by atoms with van der Waals surface area (Å²) in [5, 5.41) is 17.9. The Kier molecular flexibility index (Phi) is 5.96. The highest BCUT2D eigenvalue weighted by atomic mass is 19.1. The van der Waals surface area contributed by atoms with Gasteiger partial charge in [-0.05, 0) is 59.0 Å². The van der Waals surface area contributed by atoms with Gasteiger partial charge in [-0.15, -0.1) is 10.2 Å². The molecule has 168 valence electrons. The fourth-order valence-electron chi connectivity index (χ4n) is 3.35. The molecule has 0 saturated heterocycles. The molecule has 0 unspecified atom stereocenters. The largest absolute Gasteiger partial charge is 0.493 e. The molecule has 1 heterocycles. The summed E-state index contributed by atoms with van der Waals surface area (Å²) in [6.07, 6.45) is 0. The molecule has 1 aromatic heterocycles. The third-order valence-electron chi connectivity index (χ3n) is 5.28. The van der Waals surface area contributed by atoms with E-state index in [1.54, 1.807) is 24.3 Å². The van der Waals surface area contributed by atoms with Crippen LogP contribution >= 0.6 is 0 Å². The third-order valence-corrected chi connectivity index (χ3v) is 5.28. The maximum atomic E-state index is 13.5. The molecule has 7 heteroatoms. The van der Waals surface area contributed by atoms with Crippen molar-refractivity contribution in [3.05, 3.63) is 89.2 Å². The van der Waals surface area contributed by atoms with Crippen LogP contribution in [0.1, 0.15) is 42.3 Å².